The standard InChI is InChI=1S/C25H22N4O7S2.C22H25NO6.C20H19NO5/c1-36-17-9-6-15(7-10-17)13-18-20-5-3-4-12-29(20)25(31)22(23(18)30)24-26-19-11-8-16(27-37(2,32)33)14-21(19)38(34,35)28-24;1-4-28-21(25)19(22(26)29-5-2)20(24)17(18-8-6-7-13-23-18)14-15-9-11-16(27-3)12-10-15;1-3-26-20(24)17-18(22)15(12-13-7-9-14(25-2)10-8-13)16-6-4-5-11-21(16)19(17)23/h3-12,14,27,30H,13H2,1-2H3,(H,26,28);6-13,17,19H,4-5,14H2,1-3H3;4-11,22H,3,12H2,1-2H3. The summed E-state index contributed by atoms with van der Waals surface area (Å²) in [5, 5.41) is 24.8. The number of ether oxygens (including phenoxy) is 6. The van der Waals surface area contributed by atoms with E-state index in [1.807, 2.05) is 48.5 Å². The van der Waals surface area contributed by atoms with Gasteiger partial charge in [0.15, 0.2) is 17.2 Å². The van der Waals surface area contributed by atoms with Crippen molar-refractivity contribution in [1.82, 2.24) is 13.8 Å². The lowest BCUT2D eigenvalue weighted by atomic mass is 9.85. The number of pyridine rings is 5. The van der Waals surface area contributed by atoms with Crippen LogP contribution in [-0.4, -0.2) is 118 Å². The first-order valence-electron chi connectivity index (χ1n) is 28.8. The van der Waals surface area contributed by atoms with Crippen molar-refractivity contribution in [3.8, 4) is 28.7 Å². The number of rotatable bonds is 21. The molecule has 4 N–H and O–H groups in total. The maximum atomic E-state index is 13.5. The second kappa shape index (κ2) is 30.3. The van der Waals surface area contributed by atoms with E-state index in [-0.39, 0.29) is 71.6 Å². The van der Waals surface area contributed by atoms with Crippen LogP contribution in [0.5, 0.6) is 28.7 Å². The summed E-state index contributed by atoms with van der Waals surface area (Å²) >= 11 is 0. The number of sulfonamides is 2. The number of hydrogen-bond donors (Lipinski definition) is 4. The molecule has 6 heterocycles. The molecular weight excluding hydrogens is 1240 g/mol. The van der Waals surface area contributed by atoms with Crippen LogP contribution in [0.3, 0.4) is 0 Å². The van der Waals surface area contributed by atoms with Crippen LogP contribution in [0.4, 0.5) is 11.4 Å². The fourth-order valence-corrected chi connectivity index (χ4v) is 11.7. The van der Waals surface area contributed by atoms with Crippen molar-refractivity contribution in [2.24, 2.45) is 10.3 Å². The predicted octanol–water partition coefficient (Wildman–Crippen LogP) is 8.05. The summed E-state index contributed by atoms with van der Waals surface area (Å²) < 4.78 is 88.4. The Morgan fingerprint density at radius 2 is 1.12 bits per heavy atom. The zero-order valence-corrected chi connectivity index (χ0v) is 53.2. The van der Waals surface area contributed by atoms with Crippen molar-refractivity contribution < 1.29 is 74.6 Å². The van der Waals surface area contributed by atoms with Gasteiger partial charge in [-0.1, -0.05) is 54.6 Å². The first-order chi connectivity index (χ1) is 44.5. The number of anilines is 2. The molecule has 0 spiro atoms. The molecule has 9 aromatic rings. The van der Waals surface area contributed by atoms with Gasteiger partial charge in [0.1, 0.15) is 39.2 Å². The van der Waals surface area contributed by atoms with E-state index in [4.69, 9.17) is 28.4 Å². The average molecular weight is 1310 g/mol. The van der Waals surface area contributed by atoms with Crippen LogP contribution < -0.4 is 35.4 Å². The van der Waals surface area contributed by atoms with Crippen molar-refractivity contribution in [2.45, 2.75) is 50.8 Å². The Labute approximate surface area is 534 Å². The molecule has 0 aliphatic carbocycles. The van der Waals surface area contributed by atoms with Crippen molar-refractivity contribution in [2.75, 3.05) is 57.4 Å². The lowest BCUT2D eigenvalue weighted by molar-refractivity contribution is -0.164. The summed E-state index contributed by atoms with van der Waals surface area (Å²) in [4.78, 5) is 80.4. The molecule has 1 atom stereocenters. The Kier molecular flexibility index (Phi) is 22.2. The largest absolute Gasteiger partial charge is 0.507 e. The summed E-state index contributed by atoms with van der Waals surface area (Å²) in [6.07, 6.45) is 6.42. The van der Waals surface area contributed by atoms with Crippen molar-refractivity contribution >= 4 is 72.0 Å². The van der Waals surface area contributed by atoms with Gasteiger partial charge in [-0.15, -0.1) is 4.40 Å². The first-order valence-corrected chi connectivity index (χ1v) is 32.2. The molecule has 24 nitrogen and oxygen atoms in total. The van der Waals surface area contributed by atoms with E-state index >= 15 is 0 Å². The monoisotopic (exact) mass is 1310 g/mol. The van der Waals surface area contributed by atoms with E-state index in [0.29, 0.717) is 45.8 Å². The molecule has 1 unspecified atom stereocenters. The summed E-state index contributed by atoms with van der Waals surface area (Å²) in [7, 11) is -3.31. The van der Waals surface area contributed by atoms with Gasteiger partial charge in [0.25, 0.3) is 21.1 Å². The molecular formula is C67H66N6O18S2. The molecule has 10 rings (SSSR count). The highest BCUT2D eigenvalue weighted by atomic mass is 32.2. The number of Topliss-reactive ketones (excluding diaryl/α,β-unsaturated/α-hetero) is 1. The van der Waals surface area contributed by atoms with Crippen LogP contribution in [0.2, 0.25) is 0 Å². The molecule has 0 fully saturated rings. The van der Waals surface area contributed by atoms with Crippen LogP contribution in [-0.2, 0) is 67.9 Å². The number of esters is 3. The van der Waals surface area contributed by atoms with Gasteiger partial charge in [0, 0.05) is 48.2 Å². The third kappa shape index (κ3) is 16.2. The number of carbonyl (C=O) groups excluding carboxylic acids is 4. The molecule has 1 aliphatic heterocycles. The molecule has 0 amide bonds. The Bertz CT molecular complexity index is 4600. The molecule has 0 radical (unpaired) electrons. The highest BCUT2D eigenvalue weighted by molar-refractivity contribution is 7.92. The van der Waals surface area contributed by atoms with Gasteiger partial charge in [0.2, 0.25) is 15.9 Å². The van der Waals surface area contributed by atoms with Crippen LogP contribution in [0.25, 0.3) is 11.0 Å². The van der Waals surface area contributed by atoms with E-state index in [9.17, 15) is 55.8 Å². The fourth-order valence-electron chi connectivity index (χ4n) is 10.0. The highest BCUT2D eigenvalue weighted by Gasteiger charge is 2.42. The number of carbonyl (C=O) groups is 4. The number of nitrogens with zero attached hydrogens (tertiary/aromatic N) is 4. The highest BCUT2D eigenvalue weighted by Crippen LogP contribution is 2.35. The molecule has 5 aromatic heterocycles. The molecule has 93 heavy (non-hydrogen) atoms. The topological polar surface area (TPSA) is 325 Å². The van der Waals surface area contributed by atoms with Crippen LogP contribution >= 0.6 is 0 Å². The molecule has 0 bridgehead atoms. The lowest BCUT2D eigenvalue weighted by Crippen LogP contribution is -2.38. The predicted molar refractivity (Wildman–Crippen MR) is 346 cm³/mol. The number of benzene rings is 4. The number of aromatic nitrogens is 3. The van der Waals surface area contributed by atoms with E-state index in [2.05, 4.69) is 19.4 Å². The lowest BCUT2D eigenvalue weighted by Gasteiger charge is -2.21. The number of hydrogen-bond acceptors (Lipinski definition) is 20. The first kappa shape index (κ1) is 68.1. The average Bonchev–Trinajstić information content (AvgIpc) is 0.755. The quantitative estimate of drug-likeness (QED) is 0.0300. The van der Waals surface area contributed by atoms with Gasteiger partial charge in [-0.3, -0.25) is 42.5 Å². The SMILES string of the molecule is CCOC(=O)C(C(=O)OCC)C(=O)C(Cc1ccc(OC)cc1)c1ccccn1.CCOC(=O)c1c(O)c(Cc2ccc(OC)cc2)c2ccccn2c1=O.COc1ccc(Cc2c(O)c(C3=NS(=O)(=O)c4cc(NS(C)(=O)=O)ccc4N3)c(=O)n3ccccc23)cc1. The van der Waals surface area contributed by atoms with E-state index in [1.54, 1.807) is 133 Å². The molecule has 26 heteroatoms. The number of fused-ring (bicyclic) bond motifs is 3. The summed E-state index contributed by atoms with van der Waals surface area (Å²) in [5.41, 5.74) is 3.06. The van der Waals surface area contributed by atoms with Crippen LogP contribution in [0.1, 0.15) is 76.1 Å². The van der Waals surface area contributed by atoms with Gasteiger partial charge in [0.05, 0.1) is 75.7 Å². The molecule has 0 saturated carbocycles. The van der Waals surface area contributed by atoms with E-state index in [1.165, 1.54) is 27.1 Å². The number of ketones is 1. The second-order valence-electron chi connectivity index (χ2n) is 20.5. The summed E-state index contributed by atoms with van der Waals surface area (Å²) in [6, 6.07) is 41.0. The number of methoxy groups -OCH3 is 3. The normalized spacial score (nSPS) is 12.5. The van der Waals surface area contributed by atoms with Crippen molar-refractivity contribution in [3.05, 3.63) is 230 Å². The molecule has 1 aliphatic rings. The third-order valence-electron chi connectivity index (χ3n) is 14.4. The Morgan fingerprint density at radius 1 is 0.624 bits per heavy atom. The Balaban J connectivity index is 0.000000183. The number of nitrogens with one attached hydrogen (secondary N) is 2. The van der Waals surface area contributed by atoms with E-state index < -0.39 is 72.4 Å². The van der Waals surface area contributed by atoms with Gasteiger partial charge < -0.3 is 44.0 Å². The summed E-state index contributed by atoms with van der Waals surface area (Å²) in [6.45, 7) is 5.08. The van der Waals surface area contributed by atoms with Gasteiger partial charge >= 0.3 is 17.9 Å². The van der Waals surface area contributed by atoms with Gasteiger partial charge in [-0.25, -0.2) is 13.2 Å². The minimum Gasteiger partial charge on any atom is -0.507 e. The van der Waals surface area contributed by atoms with Crippen LogP contribution in [0.15, 0.2) is 183 Å². The zero-order valence-electron chi connectivity index (χ0n) is 51.5. The smallest absolute Gasteiger partial charge is 0.347 e. The summed E-state index contributed by atoms with van der Waals surface area (Å²) in [5.74, 6) is -4.75. The molecule has 4 aromatic carbocycles. The zero-order chi connectivity index (χ0) is 67.1. The third-order valence-corrected chi connectivity index (χ3v) is 16.3. The fraction of sp³-hybridized carbons (Fsp3) is 0.224. The Morgan fingerprint density at radius 3 is 1.60 bits per heavy atom. The second-order valence-corrected chi connectivity index (χ2v) is 23.8. The van der Waals surface area contributed by atoms with Crippen molar-refractivity contribution in [1.29, 1.82) is 0 Å². The van der Waals surface area contributed by atoms with Gasteiger partial charge in [-0.05, 0) is 135 Å². The maximum absolute atomic E-state index is 13.5. The number of amidine groups is 1. The minimum atomic E-state index is -4.37. The minimum absolute atomic E-state index is 0.0330. The van der Waals surface area contributed by atoms with Crippen molar-refractivity contribution in [3.63, 3.8) is 0 Å². The van der Waals surface area contributed by atoms with Crippen LogP contribution in [0, 0.1) is 5.92 Å². The maximum Gasteiger partial charge on any atom is 0.347 e. The molecule has 0 saturated heterocycles. The van der Waals surface area contributed by atoms with Gasteiger partial charge in [-0.2, -0.15) is 8.42 Å². The Hall–Kier alpha value is -10.9. The van der Waals surface area contributed by atoms with E-state index in [0.717, 1.165) is 34.8 Å². The number of aromatic hydroxyl groups is 2. The molecule has 484 valence electrons.